The van der Waals surface area contributed by atoms with Crippen LogP contribution in [0.4, 0.5) is 0 Å². The molecule has 6 nitrogen and oxygen atoms in total. The standard InChI is InChI=1S/C17H14N2O4/c20-8-2-1-3-11-4-5-13-12(9-11)10-19(17(13)23)14-6-7-15(21)18-16(14)22/h4-5,8-9,14H,2,6-7,10H2,(H,18,21,22). The fourth-order valence-corrected chi connectivity index (χ4v) is 2.85. The van der Waals surface area contributed by atoms with Crippen LogP contribution in [0.3, 0.4) is 0 Å². The highest BCUT2D eigenvalue weighted by molar-refractivity contribution is 6.05. The minimum absolute atomic E-state index is 0.165. The van der Waals surface area contributed by atoms with E-state index in [2.05, 4.69) is 17.2 Å². The smallest absolute Gasteiger partial charge is 0.255 e. The lowest BCUT2D eigenvalue weighted by atomic mass is 10.0. The molecule has 1 N–H and O–H groups in total. The molecular formula is C17H14N2O4. The minimum atomic E-state index is -0.614. The van der Waals surface area contributed by atoms with E-state index in [9.17, 15) is 19.2 Å². The van der Waals surface area contributed by atoms with Gasteiger partial charge in [0.05, 0.1) is 6.42 Å². The highest BCUT2D eigenvalue weighted by Gasteiger charge is 2.38. The predicted octanol–water partition coefficient (Wildman–Crippen LogP) is 0.388. The van der Waals surface area contributed by atoms with Crippen LogP contribution in [0.25, 0.3) is 0 Å². The summed E-state index contributed by atoms with van der Waals surface area (Å²) in [6.07, 6.45) is 1.47. The zero-order valence-corrected chi connectivity index (χ0v) is 12.3. The number of piperidine rings is 1. The average Bonchev–Trinajstić information content (AvgIpc) is 2.84. The molecule has 1 atom stereocenters. The summed E-state index contributed by atoms with van der Waals surface area (Å²) in [7, 11) is 0. The molecule has 23 heavy (non-hydrogen) atoms. The number of aldehydes is 1. The maximum Gasteiger partial charge on any atom is 0.255 e. The lowest BCUT2D eigenvalue weighted by molar-refractivity contribution is -0.136. The Morgan fingerprint density at radius 2 is 2.13 bits per heavy atom. The summed E-state index contributed by atoms with van der Waals surface area (Å²) in [5, 5.41) is 2.27. The molecule has 2 aliphatic heterocycles. The molecule has 2 heterocycles. The van der Waals surface area contributed by atoms with Crippen LogP contribution in [0.15, 0.2) is 18.2 Å². The Kier molecular flexibility index (Phi) is 3.94. The van der Waals surface area contributed by atoms with Gasteiger partial charge in [-0.15, -0.1) is 0 Å². The number of fused-ring (bicyclic) bond motifs is 1. The molecule has 1 unspecified atom stereocenters. The summed E-state index contributed by atoms with van der Waals surface area (Å²) >= 11 is 0. The molecule has 0 bridgehead atoms. The van der Waals surface area contributed by atoms with Crippen LogP contribution in [0.1, 0.15) is 40.7 Å². The first-order valence-electron chi connectivity index (χ1n) is 7.30. The van der Waals surface area contributed by atoms with Crippen LogP contribution in [0.5, 0.6) is 0 Å². The molecule has 0 spiro atoms. The Morgan fingerprint density at radius 3 is 2.87 bits per heavy atom. The van der Waals surface area contributed by atoms with Crippen LogP contribution >= 0.6 is 0 Å². The first kappa shape index (κ1) is 15.0. The third-order valence-corrected chi connectivity index (χ3v) is 3.94. The predicted molar refractivity (Wildman–Crippen MR) is 80.0 cm³/mol. The van der Waals surface area contributed by atoms with Gasteiger partial charge in [0.1, 0.15) is 12.3 Å². The molecule has 116 valence electrons. The maximum atomic E-state index is 12.5. The third kappa shape index (κ3) is 2.86. The number of amides is 3. The van der Waals surface area contributed by atoms with Gasteiger partial charge < -0.3 is 9.69 Å². The zero-order chi connectivity index (χ0) is 16.4. The number of hydrogen-bond acceptors (Lipinski definition) is 4. The van der Waals surface area contributed by atoms with E-state index >= 15 is 0 Å². The van der Waals surface area contributed by atoms with Gasteiger partial charge in [-0.05, 0) is 30.2 Å². The third-order valence-electron chi connectivity index (χ3n) is 3.94. The summed E-state index contributed by atoms with van der Waals surface area (Å²) in [5.41, 5.74) is 2.08. The lowest BCUT2D eigenvalue weighted by Gasteiger charge is -2.29. The molecule has 3 amide bonds. The number of nitrogens with zero attached hydrogens (tertiary/aromatic N) is 1. The topological polar surface area (TPSA) is 83.6 Å². The lowest BCUT2D eigenvalue weighted by Crippen LogP contribution is -2.52. The minimum Gasteiger partial charge on any atom is -0.322 e. The summed E-state index contributed by atoms with van der Waals surface area (Å²) in [6.45, 7) is 0.323. The van der Waals surface area contributed by atoms with Gasteiger partial charge in [0, 0.05) is 24.1 Å². The van der Waals surface area contributed by atoms with E-state index in [-0.39, 0.29) is 24.7 Å². The number of hydrogen-bond donors (Lipinski definition) is 1. The average molecular weight is 310 g/mol. The van der Waals surface area contributed by atoms with Gasteiger partial charge in [0.2, 0.25) is 11.8 Å². The van der Waals surface area contributed by atoms with Gasteiger partial charge in [-0.2, -0.15) is 0 Å². The molecule has 1 fully saturated rings. The van der Waals surface area contributed by atoms with Gasteiger partial charge >= 0.3 is 0 Å². The second-order valence-electron chi connectivity index (χ2n) is 5.44. The van der Waals surface area contributed by atoms with E-state index in [1.807, 2.05) is 0 Å². The molecule has 1 saturated heterocycles. The Balaban J connectivity index is 1.82. The SMILES string of the molecule is O=CCC#Cc1ccc2c(c1)CN(C1CCC(=O)NC1=O)C2=O. The van der Waals surface area contributed by atoms with Gasteiger partial charge in [0.25, 0.3) is 5.91 Å². The Bertz CT molecular complexity index is 773. The van der Waals surface area contributed by atoms with Gasteiger partial charge in [-0.3, -0.25) is 19.7 Å². The van der Waals surface area contributed by atoms with Crippen LogP contribution < -0.4 is 5.32 Å². The highest BCUT2D eigenvalue weighted by atomic mass is 16.2. The summed E-state index contributed by atoms with van der Waals surface area (Å²) in [4.78, 5) is 47.4. The van der Waals surface area contributed by atoms with Crippen molar-refractivity contribution in [3.63, 3.8) is 0 Å². The van der Waals surface area contributed by atoms with Crippen molar-refractivity contribution in [2.24, 2.45) is 0 Å². The molecule has 0 aromatic heterocycles. The van der Waals surface area contributed by atoms with Crippen molar-refractivity contribution in [2.75, 3.05) is 0 Å². The normalized spacial score (nSPS) is 19.7. The molecule has 6 heteroatoms. The first-order chi connectivity index (χ1) is 11.1. The highest BCUT2D eigenvalue weighted by Crippen LogP contribution is 2.27. The van der Waals surface area contributed by atoms with Crippen LogP contribution in [-0.2, 0) is 20.9 Å². The largest absolute Gasteiger partial charge is 0.322 e. The van der Waals surface area contributed by atoms with Gasteiger partial charge in [-0.1, -0.05) is 11.8 Å². The second-order valence-corrected chi connectivity index (χ2v) is 5.44. The number of carbonyl (C=O) groups excluding carboxylic acids is 4. The van der Waals surface area contributed by atoms with Crippen LogP contribution in [0.2, 0.25) is 0 Å². The van der Waals surface area contributed by atoms with E-state index in [0.29, 0.717) is 18.5 Å². The summed E-state index contributed by atoms with van der Waals surface area (Å²) in [6, 6.07) is 4.60. The maximum absolute atomic E-state index is 12.5. The van der Waals surface area contributed by atoms with Crippen molar-refractivity contribution < 1.29 is 19.2 Å². The molecule has 0 aliphatic carbocycles. The number of carbonyl (C=O) groups is 4. The molecule has 1 aromatic carbocycles. The van der Waals surface area contributed by atoms with Crippen molar-refractivity contribution in [1.82, 2.24) is 10.2 Å². The monoisotopic (exact) mass is 310 g/mol. The van der Waals surface area contributed by atoms with Crippen molar-refractivity contribution in [1.29, 1.82) is 0 Å². The number of rotatable bonds is 2. The van der Waals surface area contributed by atoms with E-state index in [0.717, 1.165) is 17.4 Å². The van der Waals surface area contributed by atoms with Crippen molar-refractivity contribution in [2.45, 2.75) is 31.8 Å². The second kappa shape index (κ2) is 6.05. The van der Waals surface area contributed by atoms with Crippen molar-refractivity contribution >= 4 is 24.0 Å². The number of nitrogens with one attached hydrogen (secondary N) is 1. The zero-order valence-electron chi connectivity index (χ0n) is 12.3. The van der Waals surface area contributed by atoms with E-state index in [4.69, 9.17) is 0 Å². The van der Waals surface area contributed by atoms with E-state index in [1.54, 1.807) is 18.2 Å². The van der Waals surface area contributed by atoms with E-state index < -0.39 is 11.9 Å². The van der Waals surface area contributed by atoms with Crippen molar-refractivity contribution in [3.8, 4) is 11.8 Å². The van der Waals surface area contributed by atoms with Gasteiger partial charge in [0.15, 0.2) is 0 Å². The molecule has 3 rings (SSSR count). The van der Waals surface area contributed by atoms with Crippen molar-refractivity contribution in [3.05, 3.63) is 34.9 Å². The molecular weight excluding hydrogens is 296 g/mol. The molecule has 0 saturated carbocycles. The number of benzene rings is 1. The van der Waals surface area contributed by atoms with Crippen LogP contribution in [-0.4, -0.2) is 34.9 Å². The molecule has 0 radical (unpaired) electrons. The fourth-order valence-electron chi connectivity index (χ4n) is 2.85. The quantitative estimate of drug-likeness (QED) is 0.486. The molecule has 2 aliphatic rings. The fraction of sp³-hybridized carbons (Fsp3) is 0.294. The summed E-state index contributed by atoms with van der Waals surface area (Å²) < 4.78 is 0. The number of imide groups is 1. The van der Waals surface area contributed by atoms with Gasteiger partial charge in [-0.25, -0.2) is 0 Å². The Hall–Kier alpha value is -2.94. The van der Waals surface area contributed by atoms with E-state index in [1.165, 1.54) is 4.90 Å². The van der Waals surface area contributed by atoms with Crippen LogP contribution in [0, 0.1) is 11.8 Å². The summed E-state index contributed by atoms with van der Waals surface area (Å²) in [5.74, 6) is 4.65. The Labute approximate surface area is 132 Å². The first-order valence-corrected chi connectivity index (χ1v) is 7.30. The molecule has 1 aromatic rings. The Morgan fingerprint density at radius 1 is 1.30 bits per heavy atom.